The van der Waals surface area contributed by atoms with Crippen LogP contribution >= 0.6 is 0 Å². The van der Waals surface area contributed by atoms with Gasteiger partial charge >= 0.3 is 6.09 Å². The second kappa shape index (κ2) is 5.05. The van der Waals surface area contributed by atoms with Crippen LogP contribution in [-0.4, -0.2) is 36.5 Å². The molecule has 3 N–H and O–H groups in total. The molecule has 1 heterocycles. The molecule has 0 aromatic rings. The molecule has 1 amide bonds. The fourth-order valence-electron chi connectivity index (χ4n) is 2.48. The minimum absolute atomic E-state index is 0.0960. The van der Waals surface area contributed by atoms with E-state index < -0.39 is 11.7 Å². The SMILES string of the molecule is CC(C)(C)OC(=O)N[C@H]1COC(C2CCC2)[C@H]1N. The second-order valence-electron chi connectivity index (χ2n) is 6.32. The molecule has 0 aromatic carbocycles. The predicted octanol–water partition coefficient (Wildman–Crippen LogP) is 1.41. The van der Waals surface area contributed by atoms with E-state index >= 15 is 0 Å². The normalized spacial score (nSPS) is 33.0. The molecule has 2 aliphatic rings. The molecule has 104 valence electrons. The lowest BCUT2D eigenvalue weighted by Crippen LogP contribution is -2.52. The Morgan fingerprint density at radius 1 is 1.39 bits per heavy atom. The fourth-order valence-corrected chi connectivity index (χ4v) is 2.48. The summed E-state index contributed by atoms with van der Waals surface area (Å²) in [7, 11) is 0. The van der Waals surface area contributed by atoms with E-state index in [0.29, 0.717) is 12.5 Å². The Morgan fingerprint density at radius 3 is 2.56 bits per heavy atom. The number of rotatable bonds is 2. The summed E-state index contributed by atoms with van der Waals surface area (Å²) in [5.74, 6) is 0.574. The lowest BCUT2D eigenvalue weighted by atomic mass is 9.78. The molecule has 5 heteroatoms. The first-order valence-corrected chi connectivity index (χ1v) is 6.73. The number of carbonyl (C=O) groups is 1. The summed E-state index contributed by atoms with van der Waals surface area (Å²) in [6.45, 7) is 6.01. The van der Waals surface area contributed by atoms with Gasteiger partial charge in [-0.2, -0.15) is 0 Å². The first-order valence-electron chi connectivity index (χ1n) is 6.73. The molecule has 0 radical (unpaired) electrons. The van der Waals surface area contributed by atoms with Gasteiger partial charge in [0.25, 0.3) is 0 Å². The van der Waals surface area contributed by atoms with Gasteiger partial charge in [-0.25, -0.2) is 4.79 Å². The summed E-state index contributed by atoms with van der Waals surface area (Å²) in [6, 6.07) is -0.256. The van der Waals surface area contributed by atoms with Gasteiger partial charge in [0.05, 0.1) is 24.8 Å². The molecular weight excluding hydrogens is 232 g/mol. The van der Waals surface area contributed by atoms with Gasteiger partial charge in [0.2, 0.25) is 0 Å². The third kappa shape index (κ3) is 3.14. The molecule has 1 saturated carbocycles. The molecule has 0 bridgehead atoms. The number of hydrogen-bond acceptors (Lipinski definition) is 4. The molecule has 0 aromatic heterocycles. The highest BCUT2D eigenvalue weighted by Crippen LogP contribution is 2.35. The Bertz CT molecular complexity index is 310. The molecule has 0 spiro atoms. The first-order chi connectivity index (χ1) is 8.37. The van der Waals surface area contributed by atoms with E-state index in [1.54, 1.807) is 0 Å². The van der Waals surface area contributed by atoms with Gasteiger partial charge < -0.3 is 20.5 Å². The van der Waals surface area contributed by atoms with E-state index in [2.05, 4.69) is 5.32 Å². The third-order valence-electron chi connectivity index (χ3n) is 3.63. The monoisotopic (exact) mass is 256 g/mol. The molecule has 5 nitrogen and oxygen atoms in total. The average Bonchev–Trinajstić information content (AvgIpc) is 2.44. The van der Waals surface area contributed by atoms with Crippen molar-refractivity contribution in [2.24, 2.45) is 11.7 Å². The molecule has 1 aliphatic carbocycles. The lowest BCUT2D eigenvalue weighted by molar-refractivity contribution is 0.0234. The van der Waals surface area contributed by atoms with Crippen molar-refractivity contribution >= 4 is 6.09 Å². The molecule has 2 fully saturated rings. The highest BCUT2D eigenvalue weighted by Gasteiger charge is 2.42. The predicted molar refractivity (Wildman–Crippen MR) is 68.2 cm³/mol. The smallest absolute Gasteiger partial charge is 0.408 e. The Hall–Kier alpha value is -0.810. The van der Waals surface area contributed by atoms with Crippen LogP contribution in [0.15, 0.2) is 0 Å². The Labute approximate surface area is 108 Å². The highest BCUT2D eigenvalue weighted by molar-refractivity contribution is 5.68. The summed E-state index contributed by atoms with van der Waals surface area (Å²) in [5, 5.41) is 2.81. The zero-order chi connectivity index (χ0) is 13.3. The standard InChI is InChI=1S/C13H24N2O3/c1-13(2,3)18-12(16)15-9-7-17-11(10(9)14)8-5-4-6-8/h8-11H,4-7,14H2,1-3H3,(H,15,16)/t9-,10-,11?/m0/s1. The summed E-state index contributed by atoms with van der Waals surface area (Å²) >= 11 is 0. The van der Waals surface area contributed by atoms with Crippen molar-refractivity contribution < 1.29 is 14.3 Å². The van der Waals surface area contributed by atoms with Crippen molar-refractivity contribution in [1.82, 2.24) is 5.32 Å². The first kappa shape index (κ1) is 13.6. The molecule has 1 unspecified atom stereocenters. The van der Waals surface area contributed by atoms with Gasteiger partial charge in [-0.3, -0.25) is 0 Å². The van der Waals surface area contributed by atoms with Crippen LogP contribution in [0.25, 0.3) is 0 Å². The van der Waals surface area contributed by atoms with Crippen LogP contribution < -0.4 is 11.1 Å². The van der Waals surface area contributed by atoms with Crippen LogP contribution in [0, 0.1) is 5.92 Å². The van der Waals surface area contributed by atoms with Crippen LogP contribution in [0.5, 0.6) is 0 Å². The van der Waals surface area contributed by atoms with Crippen molar-refractivity contribution in [1.29, 1.82) is 0 Å². The van der Waals surface area contributed by atoms with Crippen LogP contribution in [0.3, 0.4) is 0 Å². The van der Waals surface area contributed by atoms with Crippen LogP contribution in [-0.2, 0) is 9.47 Å². The van der Waals surface area contributed by atoms with Crippen molar-refractivity contribution in [2.45, 2.75) is 63.8 Å². The summed E-state index contributed by atoms with van der Waals surface area (Å²) < 4.78 is 10.9. The Balaban J connectivity index is 1.82. The molecule has 3 atom stereocenters. The number of nitrogens with one attached hydrogen (secondary N) is 1. The summed E-state index contributed by atoms with van der Waals surface area (Å²) in [4.78, 5) is 11.7. The van der Waals surface area contributed by atoms with E-state index in [1.807, 2.05) is 20.8 Å². The molecule has 1 saturated heterocycles. The van der Waals surface area contributed by atoms with Gasteiger partial charge in [-0.1, -0.05) is 6.42 Å². The topological polar surface area (TPSA) is 73.6 Å². The van der Waals surface area contributed by atoms with E-state index in [4.69, 9.17) is 15.2 Å². The summed E-state index contributed by atoms with van der Waals surface area (Å²) in [6.07, 6.45) is 3.33. The van der Waals surface area contributed by atoms with Crippen molar-refractivity contribution in [2.75, 3.05) is 6.61 Å². The van der Waals surface area contributed by atoms with Gasteiger partial charge in [-0.15, -0.1) is 0 Å². The van der Waals surface area contributed by atoms with E-state index in [1.165, 1.54) is 19.3 Å². The van der Waals surface area contributed by atoms with Crippen LogP contribution in [0.1, 0.15) is 40.0 Å². The van der Waals surface area contributed by atoms with Gasteiger partial charge in [0, 0.05) is 0 Å². The number of hydrogen-bond donors (Lipinski definition) is 2. The van der Waals surface area contributed by atoms with Gasteiger partial charge in [0.1, 0.15) is 5.60 Å². The van der Waals surface area contributed by atoms with Crippen LogP contribution in [0.4, 0.5) is 4.79 Å². The zero-order valence-corrected chi connectivity index (χ0v) is 11.4. The fraction of sp³-hybridized carbons (Fsp3) is 0.923. The lowest BCUT2D eigenvalue weighted by Gasteiger charge is -2.33. The third-order valence-corrected chi connectivity index (χ3v) is 3.63. The quantitative estimate of drug-likeness (QED) is 0.783. The van der Waals surface area contributed by atoms with Gasteiger partial charge in [0.15, 0.2) is 0 Å². The maximum atomic E-state index is 11.7. The zero-order valence-electron chi connectivity index (χ0n) is 11.4. The number of carbonyl (C=O) groups excluding carboxylic acids is 1. The largest absolute Gasteiger partial charge is 0.444 e. The molecule has 1 aliphatic heterocycles. The number of ether oxygens (including phenoxy) is 2. The van der Waals surface area contributed by atoms with E-state index in [0.717, 1.165) is 0 Å². The summed E-state index contributed by atoms with van der Waals surface area (Å²) in [5.41, 5.74) is 5.67. The molecule has 18 heavy (non-hydrogen) atoms. The van der Waals surface area contributed by atoms with Crippen molar-refractivity contribution in [3.63, 3.8) is 0 Å². The van der Waals surface area contributed by atoms with Gasteiger partial charge in [-0.05, 0) is 39.5 Å². The minimum Gasteiger partial charge on any atom is -0.444 e. The second-order valence-corrected chi connectivity index (χ2v) is 6.32. The average molecular weight is 256 g/mol. The molecular formula is C13H24N2O3. The Kier molecular flexibility index (Phi) is 3.82. The number of alkyl carbamates (subject to hydrolysis) is 1. The molecule has 2 rings (SSSR count). The van der Waals surface area contributed by atoms with Crippen molar-refractivity contribution in [3.8, 4) is 0 Å². The Morgan fingerprint density at radius 2 is 2.06 bits per heavy atom. The maximum Gasteiger partial charge on any atom is 0.408 e. The maximum absolute atomic E-state index is 11.7. The number of amides is 1. The highest BCUT2D eigenvalue weighted by atomic mass is 16.6. The van der Waals surface area contributed by atoms with E-state index in [9.17, 15) is 4.79 Å². The minimum atomic E-state index is -0.485. The van der Waals surface area contributed by atoms with Crippen molar-refractivity contribution in [3.05, 3.63) is 0 Å². The number of nitrogens with two attached hydrogens (primary N) is 1. The van der Waals surface area contributed by atoms with E-state index in [-0.39, 0.29) is 18.2 Å². The van der Waals surface area contributed by atoms with Crippen LogP contribution in [0.2, 0.25) is 0 Å².